The van der Waals surface area contributed by atoms with E-state index < -0.39 is 5.97 Å². The van der Waals surface area contributed by atoms with Crippen LogP contribution in [0.25, 0.3) is 0 Å². The Morgan fingerprint density at radius 1 is 1.44 bits per heavy atom. The van der Waals surface area contributed by atoms with Crippen LogP contribution in [0.4, 0.5) is 0 Å². The highest BCUT2D eigenvalue weighted by Crippen LogP contribution is 2.38. The van der Waals surface area contributed by atoms with Crippen molar-refractivity contribution in [2.24, 2.45) is 0 Å². The van der Waals surface area contributed by atoms with Crippen LogP contribution in [-0.4, -0.2) is 35.4 Å². The normalized spacial score (nSPS) is 30.6. The molecular weight excluding hydrogens is 230 g/mol. The summed E-state index contributed by atoms with van der Waals surface area (Å²) in [6.07, 6.45) is 3.55. The van der Waals surface area contributed by atoms with Crippen molar-refractivity contribution in [3.05, 3.63) is 11.1 Å². The summed E-state index contributed by atoms with van der Waals surface area (Å²) < 4.78 is 6.14. The number of fused-ring (bicyclic) bond motifs is 1. The van der Waals surface area contributed by atoms with Crippen molar-refractivity contribution in [3.8, 4) is 0 Å². The number of carboxylic acids is 1. The zero-order chi connectivity index (χ0) is 13.3. The lowest BCUT2D eigenvalue weighted by molar-refractivity contribution is -0.133. The molecule has 1 fully saturated rings. The number of carboxylic acid groups (broad SMARTS) is 1. The van der Waals surface area contributed by atoms with Gasteiger partial charge in [-0.15, -0.1) is 0 Å². The van der Waals surface area contributed by atoms with Gasteiger partial charge in [-0.25, -0.2) is 4.79 Å². The van der Waals surface area contributed by atoms with Gasteiger partial charge in [0, 0.05) is 11.6 Å². The van der Waals surface area contributed by atoms with Crippen molar-refractivity contribution in [2.75, 3.05) is 0 Å². The number of hydrogen-bond donors (Lipinski definition) is 2. The number of aliphatic carboxylic acids is 1. The highest BCUT2D eigenvalue weighted by atomic mass is 16.5. The molecule has 4 nitrogen and oxygen atoms in total. The molecule has 2 aliphatic rings. The van der Waals surface area contributed by atoms with Gasteiger partial charge in [-0.1, -0.05) is 20.8 Å². The second kappa shape index (κ2) is 5.41. The lowest BCUT2D eigenvalue weighted by atomic mass is 9.87. The van der Waals surface area contributed by atoms with E-state index in [0.717, 1.165) is 24.8 Å². The van der Waals surface area contributed by atoms with Gasteiger partial charge < -0.3 is 15.2 Å². The van der Waals surface area contributed by atoms with Crippen molar-refractivity contribution < 1.29 is 14.6 Å². The first-order chi connectivity index (χ1) is 8.62. The number of rotatable bonds is 6. The topological polar surface area (TPSA) is 68.5 Å². The van der Waals surface area contributed by atoms with Crippen LogP contribution >= 0.6 is 0 Å². The van der Waals surface area contributed by atoms with Crippen molar-refractivity contribution in [2.45, 2.75) is 70.7 Å². The predicted octanol–water partition coefficient (Wildman–Crippen LogP) is 2.10. The van der Waals surface area contributed by atoms with Crippen LogP contribution in [0.2, 0.25) is 0 Å². The second-order valence-corrected chi connectivity index (χ2v) is 5.16. The maximum atomic E-state index is 11.3. The number of hydrogen-bond acceptors (Lipinski definition) is 3. The fraction of sp³-hybridized carbons (Fsp3) is 0.786. The van der Waals surface area contributed by atoms with E-state index in [9.17, 15) is 9.90 Å². The Labute approximate surface area is 108 Å². The molecule has 3 atom stereocenters. The van der Waals surface area contributed by atoms with E-state index in [-0.39, 0.29) is 12.2 Å². The van der Waals surface area contributed by atoms with Gasteiger partial charge in [-0.3, -0.25) is 0 Å². The van der Waals surface area contributed by atoms with Crippen molar-refractivity contribution in [1.82, 2.24) is 5.32 Å². The Balaban J connectivity index is 2.20. The van der Waals surface area contributed by atoms with E-state index in [2.05, 4.69) is 19.2 Å². The molecule has 4 heteroatoms. The quantitative estimate of drug-likeness (QED) is 0.711. The fourth-order valence-corrected chi connectivity index (χ4v) is 2.91. The number of nitrogens with one attached hydrogen (secondary N) is 1. The van der Waals surface area contributed by atoms with Gasteiger partial charge in [0.1, 0.15) is 0 Å². The minimum atomic E-state index is -0.780. The number of ether oxygens (including phenoxy) is 1. The molecule has 1 aliphatic carbocycles. The van der Waals surface area contributed by atoms with E-state index in [1.807, 2.05) is 6.92 Å². The molecule has 0 spiro atoms. The van der Waals surface area contributed by atoms with E-state index in [0.29, 0.717) is 24.1 Å². The Hall–Kier alpha value is -0.870. The first kappa shape index (κ1) is 13.6. The maximum Gasteiger partial charge on any atom is 0.331 e. The van der Waals surface area contributed by atoms with Gasteiger partial charge in [0.25, 0.3) is 0 Å². The summed E-state index contributed by atoms with van der Waals surface area (Å²) >= 11 is 0. The molecule has 2 N–H and O–H groups in total. The fourth-order valence-electron chi connectivity index (χ4n) is 2.91. The zero-order valence-electron chi connectivity index (χ0n) is 11.4. The van der Waals surface area contributed by atoms with E-state index in [1.54, 1.807) is 0 Å². The van der Waals surface area contributed by atoms with Gasteiger partial charge in [0.05, 0.1) is 18.2 Å². The molecular formula is C14H23NO3. The summed E-state index contributed by atoms with van der Waals surface area (Å²) in [5.41, 5.74) is 1.56. The number of carbonyl (C=O) groups is 1. The third-order valence-corrected chi connectivity index (χ3v) is 4.10. The third kappa shape index (κ3) is 2.45. The molecule has 0 bridgehead atoms. The Bertz CT molecular complexity index is 360. The molecule has 102 valence electrons. The SMILES string of the molecule is CCC1=C(C(=O)O)C[C@H]2N[C@@H]2[C@@H]1OC(CC)CC. The zero-order valence-corrected chi connectivity index (χ0v) is 11.4. The van der Waals surface area contributed by atoms with Crippen LogP contribution in [0.5, 0.6) is 0 Å². The van der Waals surface area contributed by atoms with Crippen LogP contribution in [0.1, 0.15) is 46.5 Å². The van der Waals surface area contributed by atoms with E-state index in [4.69, 9.17) is 4.74 Å². The molecule has 0 amide bonds. The second-order valence-electron chi connectivity index (χ2n) is 5.16. The van der Waals surface area contributed by atoms with Crippen LogP contribution < -0.4 is 5.32 Å². The molecule has 0 aromatic rings. The molecule has 2 rings (SSSR count). The molecule has 1 heterocycles. The Morgan fingerprint density at radius 3 is 2.61 bits per heavy atom. The van der Waals surface area contributed by atoms with E-state index in [1.165, 1.54) is 0 Å². The average Bonchev–Trinajstić information content (AvgIpc) is 3.13. The lowest BCUT2D eigenvalue weighted by Gasteiger charge is -2.29. The van der Waals surface area contributed by atoms with Crippen molar-refractivity contribution >= 4 is 5.97 Å². The molecule has 0 saturated carbocycles. The van der Waals surface area contributed by atoms with Crippen molar-refractivity contribution in [1.29, 1.82) is 0 Å². The van der Waals surface area contributed by atoms with Crippen LogP contribution in [-0.2, 0) is 9.53 Å². The summed E-state index contributed by atoms with van der Waals surface area (Å²) in [5, 5.41) is 12.7. The maximum absolute atomic E-state index is 11.3. The summed E-state index contributed by atoms with van der Waals surface area (Å²) in [5.74, 6) is -0.780. The van der Waals surface area contributed by atoms with Gasteiger partial charge in [-0.05, 0) is 31.3 Å². The summed E-state index contributed by atoms with van der Waals surface area (Å²) in [4.78, 5) is 11.3. The molecule has 18 heavy (non-hydrogen) atoms. The van der Waals surface area contributed by atoms with Gasteiger partial charge >= 0.3 is 5.97 Å². The minimum absolute atomic E-state index is 0.0373. The van der Waals surface area contributed by atoms with E-state index >= 15 is 0 Å². The Morgan fingerprint density at radius 2 is 2.11 bits per heavy atom. The standard InChI is InChI=1S/C14H23NO3/c1-4-8(5-2)18-13-9(6-3)10(14(16)17)7-11-12(13)15-11/h8,11-13,15H,4-7H2,1-3H3,(H,16,17)/t11-,12+,13-/m1/s1. The molecule has 1 aliphatic heterocycles. The molecule has 0 aromatic heterocycles. The van der Waals surface area contributed by atoms with Crippen LogP contribution in [0.3, 0.4) is 0 Å². The monoisotopic (exact) mass is 253 g/mol. The first-order valence-electron chi connectivity index (χ1n) is 6.98. The molecule has 0 unspecified atom stereocenters. The highest BCUT2D eigenvalue weighted by Gasteiger charge is 2.50. The van der Waals surface area contributed by atoms with Gasteiger partial charge in [0.2, 0.25) is 0 Å². The van der Waals surface area contributed by atoms with Crippen LogP contribution in [0, 0.1) is 0 Å². The largest absolute Gasteiger partial charge is 0.478 e. The smallest absolute Gasteiger partial charge is 0.331 e. The molecule has 1 saturated heterocycles. The Kier molecular flexibility index (Phi) is 4.07. The highest BCUT2D eigenvalue weighted by molar-refractivity contribution is 5.88. The van der Waals surface area contributed by atoms with Crippen LogP contribution in [0.15, 0.2) is 11.1 Å². The lowest BCUT2D eigenvalue weighted by Crippen LogP contribution is -2.34. The molecule has 0 radical (unpaired) electrons. The van der Waals surface area contributed by atoms with Gasteiger partial charge in [0.15, 0.2) is 0 Å². The third-order valence-electron chi connectivity index (χ3n) is 4.10. The molecule has 0 aromatic carbocycles. The first-order valence-corrected chi connectivity index (χ1v) is 6.98. The van der Waals surface area contributed by atoms with Crippen molar-refractivity contribution in [3.63, 3.8) is 0 Å². The van der Waals surface area contributed by atoms with Gasteiger partial charge in [-0.2, -0.15) is 0 Å². The summed E-state index contributed by atoms with van der Waals surface area (Å²) in [6.45, 7) is 6.24. The average molecular weight is 253 g/mol. The summed E-state index contributed by atoms with van der Waals surface area (Å²) in [7, 11) is 0. The summed E-state index contributed by atoms with van der Waals surface area (Å²) in [6, 6.07) is 0.648. The minimum Gasteiger partial charge on any atom is -0.478 e. The predicted molar refractivity (Wildman–Crippen MR) is 69.5 cm³/mol.